The predicted molar refractivity (Wildman–Crippen MR) is 147 cm³/mol. The molecule has 224 valence electrons. The number of carbonyl (C=O) groups is 3. The fourth-order valence-electron chi connectivity index (χ4n) is 8.79. The smallest absolute Gasteiger partial charge is 0.341 e. The lowest BCUT2D eigenvalue weighted by atomic mass is 9.79. The fraction of sp³-hybridized carbons (Fsp3) is 0.710. The summed E-state index contributed by atoms with van der Waals surface area (Å²) in [7, 11) is 0. The van der Waals surface area contributed by atoms with Gasteiger partial charge in [0.2, 0.25) is 5.91 Å². The van der Waals surface area contributed by atoms with Crippen molar-refractivity contribution >= 4 is 17.8 Å². The Labute approximate surface area is 240 Å². The van der Waals surface area contributed by atoms with Crippen molar-refractivity contribution in [2.75, 3.05) is 26.2 Å². The zero-order valence-corrected chi connectivity index (χ0v) is 24.0. The van der Waals surface area contributed by atoms with Crippen molar-refractivity contribution < 1.29 is 27.6 Å². The maximum absolute atomic E-state index is 13.6. The first kappa shape index (κ1) is 28.5. The number of piperidine rings is 1. The fourth-order valence-corrected chi connectivity index (χ4v) is 8.79. The minimum atomic E-state index is -4.64. The zero-order valence-electron chi connectivity index (χ0n) is 24.0. The van der Waals surface area contributed by atoms with Gasteiger partial charge in [-0.3, -0.25) is 19.4 Å². The van der Waals surface area contributed by atoms with Gasteiger partial charge in [-0.05, 0) is 63.9 Å². The number of hydrogen-bond donors (Lipinski definition) is 0. The Hall–Kier alpha value is -2.62. The molecule has 1 aromatic rings. The molecule has 5 fully saturated rings. The second-order valence-corrected chi connectivity index (χ2v) is 13.3. The topological polar surface area (TPSA) is 64.2 Å². The molecule has 0 radical (unpaired) electrons. The molecule has 2 unspecified atom stereocenters. The minimum absolute atomic E-state index is 0.00796. The molecule has 1 aliphatic carbocycles. The second kappa shape index (κ2) is 10.6. The van der Waals surface area contributed by atoms with E-state index in [9.17, 15) is 27.6 Å². The lowest BCUT2D eigenvalue weighted by molar-refractivity contribution is -0.157. The van der Waals surface area contributed by atoms with E-state index in [2.05, 4.69) is 21.9 Å². The number of urea groups is 1. The SMILES string of the molecule is CC(C)N1C(=O)N(CC(F)(F)F)C(=O)C12CC1CCC(C2)N1C[C@H]1CN(C(=O)C2CCCC2)C[C@@H]1c1ccccc1. The summed E-state index contributed by atoms with van der Waals surface area (Å²) in [6.07, 6.45) is 1.95. The highest BCUT2D eigenvalue weighted by Gasteiger charge is 2.64. The van der Waals surface area contributed by atoms with E-state index in [0.717, 1.165) is 45.1 Å². The van der Waals surface area contributed by atoms with Crippen molar-refractivity contribution in [2.45, 2.75) is 101 Å². The molecule has 5 aliphatic rings. The van der Waals surface area contributed by atoms with Crippen molar-refractivity contribution in [1.29, 1.82) is 0 Å². The van der Waals surface area contributed by atoms with Crippen LogP contribution in [0.1, 0.15) is 76.7 Å². The third-order valence-electron chi connectivity index (χ3n) is 10.4. The largest absolute Gasteiger partial charge is 0.406 e. The van der Waals surface area contributed by atoms with Gasteiger partial charge in [0.05, 0.1) is 0 Å². The van der Waals surface area contributed by atoms with Crippen LogP contribution in [-0.2, 0) is 9.59 Å². The summed E-state index contributed by atoms with van der Waals surface area (Å²) in [6, 6.07) is 9.17. The van der Waals surface area contributed by atoms with Crippen LogP contribution < -0.4 is 0 Å². The molecule has 7 nitrogen and oxygen atoms in total. The van der Waals surface area contributed by atoms with Gasteiger partial charge in [-0.25, -0.2) is 4.79 Å². The molecule has 1 aromatic carbocycles. The Balaban J connectivity index is 1.23. The standard InChI is InChI=1S/C31H41F3N4O3/c1-20(2)38-29(41)37(19-31(32,33)34)28(40)30(38)14-24-12-13-25(15-30)36(24)17-23-16-35(27(39)22-10-6-7-11-22)18-26(23)21-8-4-3-5-9-21/h3-5,8-9,20,22-26H,6-7,10-19H2,1-2H3/t23-,24?,25?,26-,30?/m1/s1. The summed E-state index contributed by atoms with van der Waals surface area (Å²) in [5.41, 5.74) is 0.00282. The van der Waals surface area contributed by atoms with E-state index < -0.39 is 30.2 Å². The lowest BCUT2D eigenvalue weighted by Crippen LogP contribution is -2.62. The molecule has 1 saturated carbocycles. The molecule has 0 aromatic heterocycles. The summed E-state index contributed by atoms with van der Waals surface area (Å²) in [4.78, 5) is 46.6. The van der Waals surface area contributed by atoms with Crippen molar-refractivity contribution in [3.63, 3.8) is 0 Å². The normalized spacial score (nSPS) is 32.9. The highest BCUT2D eigenvalue weighted by atomic mass is 19.4. The number of likely N-dealkylation sites (tertiary alicyclic amines) is 1. The molecule has 10 heteroatoms. The number of halogens is 3. The summed E-state index contributed by atoms with van der Waals surface area (Å²) in [6.45, 7) is 4.19. The molecular formula is C31H41F3N4O3. The maximum Gasteiger partial charge on any atom is 0.406 e. The van der Waals surface area contributed by atoms with Crippen LogP contribution in [-0.4, -0.2) is 93.5 Å². The van der Waals surface area contributed by atoms with Gasteiger partial charge in [0.15, 0.2) is 0 Å². The van der Waals surface area contributed by atoms with E-state index in [0.29, 0.717) is 30.8 Å². The van der Waals surface area contributed by atoms with Gasteiger partial charge in [-0.2, -0.15) is 13.2 Å². The zero-order chi connectivity index (χ0) is 29.1. The number of carbonyl (C=O) groups excluding carboxylic acids is 3. The Kier molecular flexibility index (Phi) is 7.35. The van der Waals surface area contributed by atoms with Crippen LogP contribution in [0.4, 0.5) is 18.0 Å². The van der Waals surface area contributed by atoms with Crippen molar-refractivity contribution in [3.8, 4) is 0 Å². The average molecular weight is 575 g/mol. The second-order valence-electron chi connectivity index (χ2n) is 13.3. The van der Waals surface area contributed by atoms with Crippen LogP contribution in [0, 0.1) is 11.8 Å². The third kappa shape index (κ3) is 5.04. The first-order valence-corrected chi connectivity index (χ1v) is 15.3. The van der Waals surface area contributed by atoms with E-state index in [-0.39, 0.29) is 41.8 Å². The van der Waals surface area contributed by atoms with Gasteiger partial charge in [-0.15, -0.1) is 0 Å². The third-order valence-corrected chi connectivity index (χ3v) is 10.4. The maximum atomic E-state index is 13.6. The molecule has 1 spiro atoms. The number of benzene rings is 1. The van der Waals surface area contributed by atoms with Crippen LogP contribution in [0.25, 0.3) is 0 Å². The number of amides is 4. The summed E-state index contributed by atoms with van der Waals surface area (Å²) < 4.78 is 40.1. The summed E-state index contributed by atoms with van der Waals surface area (Å²) in [5, 5.41) is 0. The summed E-state index contributed by atoms with van der Waals surface area (Å²) in [5.74, 6) is 0.147. The van der Waals surface area contributed by atoms with Gasteiger partial charge in [0.25, 0.3) is 5.91 Å². The van der Waals surface area contributed by atoms with Crippen molar-refractivity contribution in [2.24, 2.45) is 11.8 Å². The molecule has 4 aliphatic heterocycles. The molecule has 6 rings (SSSR count). The summed E-state index contributed by atoms with van der Waals surface area (Å²) >= 11 is 0. The molecular weight excluding hydrogens is 533 g/mol. The molecule has 4 heterocycles. The lowest BCUT2D eigenvalue weighted by Gasteiger charge is -2.48. The van der Waals surface area contributed by atoms with Gasteiger partial charge in [0, 0.05) is 49.6 Å². The molecule has 4 amide bonds. The monoisotopic (exact) mass is 574 g/mol. The number of rotatable bonds is 6. The van der Waals surface area contributed by atoms with Crippen molar-refractivity contribution in [3.05, 3.63) is 35.9 Å². The van der Waals surface area contributed by atoms with E-state index in [4.69, 9.17) is 0 Å². The molecule has 41 heavy (non-hydrogen) atoms. The van der Waals surface area contributed by atoms with E-state index in [1.54, 1.807) is 13.8 Å². The molecule has 2 bridgehead atoms. The number of nitrogens with zero attached hydrogens (tertiary/aromatic N) is 4. The van der Waals surface area contributed by atoms with Crippen LogP contribution in [0.3, 0.4) is 0 Å². The quantitative estimate of drug-likeness (QED) is 0.448. The molecule has 4 atom stereocenters. The average Bonchev–Trinajstić information content (AvgIpc) is 3.68. The van der Waals surface area contributed by atoms with Crippen LogP contribution >= 0.6 is 0 Å². The molecule has 4 saturated heterocycles. The highest BCUT2D eigenvalue weighted by Crippen LogP contribution is 2.49. The van der Waals surface area contributed by atoms with Crippen LogP contribution in [0.2, 0.25) is 0 Å². The van der Waals surface area contributed by atoms with Gasteiger partial charge in [0.1, 0.15) is 12.1 Å². The van der Waals surface area contributed by atoms with E-state index >= 15 is 0 Å². The van der Waals surface area contributed by atoms with E-state index in [1.807, 2.05) is 18.2 Å². The Morgan fingerprint density at radius 2 is 1.61 bits per heavy atom. The van der Waals surface area contributed by atoms with Gasteiger partial charge < -0.3 is 9.80 Å². The van der Waals surface area contributed by atoms with Crippen molar-refractivity contribution in [1.82, 2.24) is 19.6 Å². The first-order valence-electron chi connectivity index (χ1n) is 15.3. The predicted octanol–water partition coefficient (Wildman–Crippen LogP) is 5.02. The Morgan fingerprint density at radius 3 is 2.20 bits per heavy atom. The van der Waals surface area contributed by atoms with Gasteiger partial charge >= 0.3 is 12.2 Å². The minimum Gasteiger partial charge on any atom is -0.341 e. The molecule has 0 N–H and O–H groups in total. The first-order chi connectivity index (χ1) is 19.5. The number of hydrogen-bond acceptors (Lipinski definition) is 4. The highest BCUT2D eigenvalue weighted by molar-refractivity contribution is 6.07. The van der Waals surface area contributed by atoms with Gasteiger partial charge in [-0.1, -0.05) is 43.2 Å². The Morgan fingerprint density at radius 1 is 0.976 bits per heavy atom. The van der Waals surface area contributed by atoms with Crippen LogP contribution in [0.5, 0.6) is 0 Å². The van der Waals surface area contributed by atoms with Crippen LogP contribution in [0.15, 0.2) is 30.3 Å². The number of fused-ring (bicyclic) bond motifs is 2. The Bertz CT molecular complexity index is 1150. The van der Waals surface area contributed by atoms with E-state index in [1.165, 1.54) is 10.5 Å². The number of alkyl halides is 3. The number of imide groups is 1.